The molecular weight excluding hydrogens is 316 g/mol. The third-order valence-electron chi connectivity index (χ3n) is 3.47. The molecular formula is C16H27BrN2O. The van der Waals surface area contributed by atoms with Gasteiger partial charge in [0.2, 0.25) is 0 Å². The molecule has 0 spiro atoms. The highest BCUT2D eigenvalue weighted by Gasteiger charge is 2.12. The molecule has 0 aliphatic carbocycles. The number of aliphatic hydroxyl groups excluding tert-OH is 1. The fraction of sp³-hybridized carbons (Fsp3) is 0.625. The molecule has 1 unspecified atom stereocenters. The van der Waals surface area contributed by atoms with Crippen molar-refractivity contribution in [2.75, 3.05) is 31.1 Å². The zero-order valence-electron chi connectivity index (χ0n) is 12.8. The van der Waals surface area contributed by atoms with Gasteiger partial charge in [0, 0.05) is 23.6 Å². The van der Waals surface area contributed by atoms with Gasteiger partial charge < -0.3 is 15.3 Å². The van der Waals surface area contributed by atoms with Gasteiger partial charge in [-0.2, -0.15) is 0 Å². The normalized spacial score (nSPS) is 12.4. The van der Waals surface area contributed by atoms with Gasteiger partial charge in [0.1, 0.15) is 0 Å². The van der Waals surface area contributed by atoms with Gasteiger partial charge in [-0.3, -0.25) is 0 Å². The van der Waals surface area contributed by atoms with Crippen LogP contribution >= 0.6 is 15.9 Å². The lowest BCUT2D eigenvalue weighted by Crippen LogP contribution is -2.28. The largest absolute Gasteiger partial charge is 0.395 e. The van der Waals surface area contributed by atoms with Crippen molar-refractivity contribution in [3.63, 3.8) is 0 Å². The van der Waals surface area contributed by atoms with E-state index in [4.69, 9.17) is 0 Å². The molecule has 1 atom stereocenters. The summed E-state index contributed by atoms with van der Waals surface area (Å²) in [5.41, 5.74) is 2.45. The molecule has 0 amide bonds. The minimum Gasteiger partial charge on any atom is -0.395 e. The molecule has 1 rings (SSSR count). The molecule has 114 valence electrons. The maximum Gasteiger partial charge on any atom is 0.0606 e. The van der Waals surface area contributed by atoms with Crippen LogP contribution in [-0.2, 0) is 0 Å². The Morgan fingerprint density at radius 1 is 1.30 bits per heavy atom. The summed E-state index contributed by atoms with van der Waals surface area (Å²) in [5.74, 6) is 0. The zero-order valence-corrected chi connectivity index (χ0v) is 14.4. The molecule has 0 radical (unpaired) electrons. The first kappa shape index (κ1) is 17.5. The van der Waals surface area contributed by atoms with E-state index < -0.39 is 0 Å². The van der Waals surface area contributed by atoms with Crippen molar-refractivity contribution in [1.82, 2.24) is 5.32 Å². The molecule has 1 aromatic carbocycles. The second-order valence-corrected chi connectivity index (χ2v) is 5.91. The van der Waals surface area contributed by atoms with Gasteiger partial charge in [-0.05, 0) is 53.5 Å². The maximum atomic E-state index is 9.23. The van der Waals surface area contributed by atoms with Crippen molar-refractivity contribution in [3.05, 3.63) is 28.2 Å². The third-order valence-corrected chi connectivity index (χ3v) is 4.11. The van der Waals surface area contributed by atoms with Crippen LogP contribution in [0.15, 0.2) is 22.7 Å². The lowest BCUT2D eigenvalue weighted by Gasteiger charge is -2.26. The molecule has 0 saturated heterocycles. The number of aliphatic hydroxyl groups is 1. The van der Waals surface area contributed by atoms with E-state index in [0.29, 0.717) is 12.6 Å². The average Bonchev–Trinajstić information content (AvgIpc) is 2.44. The number of nitrogens with zero attached hydrogens (tertiary/aromatic N) is 1. The highest BCUT2D eigenvalue weighted by Crippen LogP contribution is 2.29. The Bertz CT molecular complexity index is 398. The Labute approximate surface area is 131 Å². The second kappa shape index (κ2) is 9.37. The Morgan fingerprint density at radius 2 is 2.05 bits per heavy atom. The lowest BCUT2D eigenvalue weighted by atomic mass is 10.1. The molecule has 0 heterocycles. The zero-order chi connectivity index (χ0) is 15.0. The van der Waals surface area contributed by atoms with Gasteiger partial charge in [-0.25, -0.2) is 0 Å². The van der Waals surface area contributed by atoms with Crippen LogP contribution in [0.1, 0.15) is 45.2 Å². The standard InChI is InChI=1S/C16H27BrN2O/c1-4-6-9-19(10-11-20)16-8-7-14(12-15(16)17)13(3)18-5-2/h7-8,12-13,18,20H,4-6,9-11H2,1-3H3. The number of unbranched alkanes of at least 4 members (excludes halogenated alkanes) is 1. The van der Waals surface area contributed by atoms with Crippen molar-refractivity contribution in [1.29, 1.82) is 0 Å². The number of anilines is 1. The number of hydrogen-bond donors (Lipinski definition) is 2. The Hall–Kier alpha value is -0.580. The van der Waals surface area contributed by atoms with E-state index in [2.05, 4.69) is 65.1 Å². The van der Waals surface area contributed by atoms with Crippen LogP contribution in [0.3, 0.4) is 0 Å². The van der Waals surface area contributed by atoms with Crippen molar-refractivity contribution in [2.24, 2.45) is 0 Å². The first-order valence-corrected chi connectivity index (χ1v) is 8.31. The molecule has 3 nitrogen and oxygen atoms in total. The van der Waals surface area contributed by atoms with Crippen LogP contribution in [-0.4, -0.2) is 31.3 Å². The summed E-state index contributed by atoms with van der Waals surface area (Å²) in [6.07, 6.45) is 2.30. The van der Waals surface area contributed by atoms with E-state index in [-0.39, 0.29) is 6.61 Å². The maximum absolute atomic E-state index is 9.23. The molecule has 0 aliphatic heterocycles. The quantitative estimate of drug-likeness (QED) is 0.717. The Kier molecular flexibility index (Phi) is 8.19. The molecule has 0 saturated carbocycles. The van der Waals surface area contributed by atoms with Crippen molar-refractivity contribution < 1.29 is 5.11 Å². The Morgan fingerprint density at radius 3 is 2.60 bits per heavy atom. The minimum absolute atomic E-state index is 0.186. The predicted octanol–water partition coefficient (Wildman–Crippen LogP) is 3.72. The molecule has 0 aromatic heterocycles. The van der Waals surface area contributed by atoms with Crippen LogP contribution in [0.25, 0.3) is 0 Å². The highest BCUT2D eigenvalue weighted by molar-refractivity contribution is 9.10. The van der Waals surface area contributed by atoms with Crippen molar-refractivity contribution in [2.45, 2.75) is 39.7 Å². The number of halogens is 1. The van der Waals surface area contributed by atoms with Gasteiger partial charge in [-0.1, -0.05) is 26.3 Å². The summed E-state index contributed by atoms with van der Waals surface area (Å²) in [6, 6.07) is 6.86. The summed E-state index contributed by atoms with van der Waals surface area (Å²) in [4.78, 5) is 2.25. The SMILES string of the molecule is CCCCN(CCO)c1ccc(C(C)NCC)cc1Br. The van der Waals surface area contributed by atoms with E-state index in [0.717, 1.165) is 30.4 Å². The number of rotatable bonds is 9. The van der Waals surface area contributed by atoms with Crippen LogP contribution < -0.4 is 10.2 Å². The topological polar surface area (TPSA) is 35.5 Å². The van der Waals surface area contributed by atoms with Gasteiger partial charge >= 0.3 is 0 Å². The smallest absolute Gasteiger partial charge is 0.0606 e. The number of benzene rings is 1. The van der Waals surface area contributed by atoms with E-state index in [1.54, 1.807) is 0 Å². The van der Waals surface area contributed by atoms with Gasteiger partial charge in [0.25, 0.3) is 0 Å². The molecule has 2 N–H and O–H groups in total. The van der Waals surface area contributed by atoms with Crippen molar-refractivity contribution in [3.8, 4) is 0 Å². The molecule has 0 bridgehead atoms. The summed E-state index contributed by atoms with van der Waals surface area (Å²) in [5, 5.41) is 12.7. The number of nitrogens with one attached hydrogen (secondary N) is 1. The van der Waals surface area contributed by atoms with Crippen molar-refractivity contribution >= 4 is 21.6 Å². The molecule has 0 fully saturated rings. The first-order chi connectivity index (χ1) is 9.63. The van der Waals surface area contributed by atoms with Crippen LogP contribution in [0.5, 0.6) is 0 Å². The van der Waals surface area contributed by atoms with Gasteiger partial charge in [-0.15, -0.1) is 0 Å². The average molecular weight is 343 g/mol. The minimum atomic E-state index is 0.186. The lowest BCUT2D eigenvalue weighted by molar-refractivity contribution is 0.301. The fourth-order valence-electron chi connectivity index (χ4n) is 2.30. The second-order valence-electron chi connectivity index (χ2n) is 5.05. The van der Waals surface area contributed by atoms with Gasteiger partial charge in [0.15, 0.2) is 0 Å². The highest BCUT2D eigenvalue weighted by atomic mass is 79.9. The Balaban J connectivity index is 2.88. The van der Waals surface area contributed by atoms with E-state index in [9.17, 15) is 5.11 Å². The molecule has 20 heavy (non-hydrogen) atoms. The van der Waals surface area contributed by atoms with E-state index in [1.165, 1.54) is 11.3 Å². The van der Waals surface area contributed by atoms with Crippen LogP contribution in [0.2, 0.25) is 0 Å². The molecule has 0 aliphatic rings. The summed E-state index contributed by atoms with van der Waals surface area (Å²) in [7, 11) is 0. The summed E-state index contributed by atoms with van der Waals surface area (Å²) in [6.45, 7) is 9.30. The first-order valence-electron chi connectivity index (χ1n) is 7.52. The predicted molar refractivity (Wildman–Crippen MR) is 90.4 cm³/mol. The molecule has 4 heteroatoms. The van der Waals surface area contributed by atoms with Crippen LogP contribution in [0, 0.1) is 0 Å². The summed E-state index contributed by atoms with van der Waals surface area (Å²) < 4.78 is 1.10. The third kappa shape index (κ3) is 5.08. The van der Waals surface area contributed by atoms with Gasteiger partial charge in [0.05, 0.1) is 12.3 Å². The van der Waals surface area contributed by atoms with E-state index >= 15 is 0 Å². The van der Waals surface area contributed by atoms with Crippen LogP contribution in [0.4, 0.5) is 5.69 Å². The van der Waals surface area contributed by atoms with E-state index in [1.807, 2.05) is 0 Å². The summed E-state index contributed by atoms with van der Waals surface area (Å²) >= 11 is 3.68. The molecule has 1 aromatic rings. The number of hydrogen-bond acceptors (Lipinski definition) is 3. The fourth-order valence-corrected chi connectivity index (χ4v) is 2.94. The monoisotopic (exact) mass is 342 g/mol.